The molecule has 1 aromatic heterocycles. The van der Waals surface area contributed by atoms with Crippen molar-refractivity contribution in [3.05, 3.63) is 65.6 Å². The lowest BCUT2D eigenvalue weighted by atomic mass is 9.91. The van der Waals surface area contributed by atoms with Gasteiger partial charge in [0.15, 0.2) is 0 Å². The van der Waals surface area contributed by atoms with Gasteiger partial charge in [-0.3, -0.25) is 0 Å². The molecule has 168 valence electrons. The number of amides is 2. The fourth-order valence-corrected chi connectivity index (χ4v) is 4.26. The highest BCUT2D eigenvalue weighted by atomic mass is 35.5. The van der Waals surface area contributed by atoms with E-state index in [9.17, 15) is 4.79 Å². The number of carbonyl (C=O) groups is 1. The molecule has 0 saturated heterocycles. The second kappa shape index (κ2) is 10.5. The number of nitrogens with two attached hydrogens (primary N) is 1. The van der Waals surface area contributed by atoms with Gasteiger partial charge in [0.1, 0.15) is 5.75 Å². The van der Waals surface area contributed by atoms with Crippen LogP contribution >= 0.6 is 11.6 Å². The molecule has 1 aliphatic rings. The average Bonchev–Trinajstić information content (AvgIpc) is 3.32. The number of ether oxygens (including phenoxy) is 1. The first kappa shape index (κ1) is 22.2. The number of carbonyl (C=O) groups excluding carboxylic acids is 1. The van der Waals surface area contributed by atoms with E-state index in [-0.39, 0.29) is 18.1 Å². The maximum absolute atomic E-state index is 12.3. The van der Waals surface area contributed by atoms with E-state index in [0.717, 1.165) is 48.3 Å². The van der Waals surface area contributed by atoms with Crippen LogP contribution in [-0.4, -0.2) is 34.7 Å². The highest BCUT2D eigenvalue weighted by Gasteiger charge is 2.23. The average molecular weight is 454 g/mol. The topological polar surface area (TPSA) is 105 Å². The minimum atomic E-state index is -0.255. The highest BCUT2D eigenvalue weighted by molar-refractivity contribution is 6.31. The highest BCUT2D eigenvalue weighted by Crippen LogP contribution is 2.28. The summed E-state index contributed by atoms with van der Waals surface area (Å²) in [5, 5.41) is 6.41. The van der Waals surface area contributed by atoms with Gasteiger partial charge in [0.05, 0.1) is 18.6 Å². The van der Waals surface area contributed by atoms with Gasteiger partial charge in [-0.15, -0.1) is 0 Å². The molecular formula is C24H28ClN5O2. The number of nitrogens with one attached hydrogen (secondary N) is 3. The summed E-state index contributed by atoms with van der Waals surface area (Å²) in [6.07, 6.45) is 8.19. The smallest absolute Gasteiger partial charge is 0.319 e. The lowest BCUT2D eigenvalue weighted by Crippen LogP contribution is -2.50. The Morgan fingerprint density at radius 1 is 1.22 bits per heavy atom. The van der Waals surface area contributed by atoms with Crippen LogP contribution < -0.4 is 21.1 Å². The van der Waals surface area contributed by atoms with Crippen molar-refractivity contribution in [3.63, 3.8) is 0 Å². The van der Waals surface area contributed by atoms with Gasteiger partial charge in [0.2, 0.25) is 0 Å². The molecule has 4 rings (SSSR count). The van der Waals surface area contributed by atoms with Gasteiger partial charge in [-0.2, -0.15) is 0 Å². The van der Waals surface area contributed by atoms with E-state index in [1.165, 1.54) is 0 Å². The number of hydrogen-bond acceptors (Lipinski definition) is 4. The Labute approximate surface area is 192 Å². The van der Waals surface area contributed by atoms with Crippen LogP contribution in [0.2, 0.25) is 5.02 Å². The maximum atomic E-state index is 12.3. The van der Waals surface area contributed by atoms with E-state index in [4.69, 9.17) is 22.1 Å². The molecule has 0 radical (unpaired) electrons. The van der Waals surface area contributed by atoms with Crippen LogP contribution in [0.1, 0.15) is 31.2 Å². The van der Waals surface area contributed by atoms with E-state index < -0.39 is 0 Å². The first-order valence-corrected chi connectivity index (χ1v) is 11.3. The largest absolute Gasteiger partial charge is 0.493 e. The number of halogens is 1. The molecule has 7 nitrogen and oxygen atoms in total. The van der Waals surface area contributed by atoms with E-state index >= 15 is 0 Å². The summed E-state index contributed by atoms with van der Waals surface area (Å²) in [6, 6.07) is 13.1. The number of anilines is 1. The van der Waals surface area contributed by atoms with Crippen molar-refractivity contribution in [2.45, 2.75) is 44.2 Å². The second-order valence-corrected chi connectivity index (χ2v) is 8.42. The minimum Gasteiger partial charge on any atom is -0.493 e. The third kappa shape index (κ3) is 5.60. The molecule has 32 heavy (non-hydrogen) atoms. The Morgan fingerprint density at radius 3 is 2.84 bits per heavy atom. The number of aromatic amines is 1. The molecule has 8 heteroatoms. The van der Waals surface area contributed by atoms with E-state index in [2.05, 4.69) is 20.6 Å². The summed E-state index contributed by atoms with van der Waals surface area (Å²) in [7, 11) is 0. The Hall–Kier alpha value is -3.03. The van der Waals surface area contributed by atoms with Gasteiger partial charge < -0.3 is 26.1 Å². The summed E-state index contributed by atoms with van der Waals surface area (Å²) >= 11 is 6.46. The molecule has 2 atom stereocenters. The standard InChI is InChI=1S/C24H28ClN5O2/c25-19-13-17(29-24(31)30-21-7-3-2-6-20(21)26)10-9-16(19)11-12-32-23-8-4-1-5-18(23)22-14-27-15-28-22/h1,4-5,8-10,13-15,20-21H,2-3,6-7,11-12,26H2,(H,27,28)(H2,29,30,31)/t20-,21+/m0/s1. The zero-order valence-corrected chi connectivity index (χ0v) is 18.6. The number of benzene rings is 2. The summed E-state index contributed by atoms with van der Waals surface area (Å²) in [5.74, 6) is 0.770. The fraction of sp³-hybridized carbons (Fsp3) is 0.333. The monoisotopic (exact) mass is 453 g/mol. The number of aromatic nitrogens is 2. The van der Waals surface area contributed by atoms with Crippen molar-refractivity contribution in [2.75, 3.05) is 11.9 Å². The normalized spacial score (nSPS) is 18.2. The van der Waals surface area contributed by atoms with Gasteiger partial charge in [-0.1, -0.05) is 42.6 Å². The predicted molar refractivity (Wildman–Crippen MR) is 127 cm³/mol. The molecule has 2 amide bonds. The molecule has 1 heterocycles. The van der Waals surface area contributed by atoms with Crippen LogP contribution in [0.25, 0.3) is 11.3 Å². The van der Waals surface area contributed by atoms with Gasteiger partial charge in [0, 0.05) is 41.0 Å². The summed E-state index contributed by atoms with van der Waals surface area (Å²) in [5.41, 5.74) is 9.47. The van der Waals surface area contributed by atoms with Crippen LogP contribution in [0.15, 0.2) is 55.0 Å². The molecule has 0 bridgehead atoms. The van der Waals surface area contributed by atoms with Crippen LogP contribution in [0.5, 0.6) is 5.75 Å². The minimum absolute atomic E-state index is 0.0126. The van der Waals surface area contributed by atoms with Gasteiger partial charge >= 0.3 is 6.03 Å². The number of para-hydroxylation sites is 1. The Kier molecular flexibility index (Phi) is 7.29. The summed E-state index contributed by atoms with van der Waals surface area (Å²) in [6.45, 7) is 0.466. The third-order valence-corrected chi connectivity index (χ3v) is 6.09. The predicted octanol–water partition coefficient (Wildman–Crippen LogP) is 4.74. The molecule has 0 unspecified atom stereocenters. The van der Waals surface area contributed by atoms with E-state index in [0.29, 0.717) is 23.7 Å². The molecular weight excluding hydrogens is 426 g/mol. The third-order valence-electron chi connectivity index (χ3n) is 5.74. The molecule has 2 aromatic carbocycles. The van der Waals surface area contributed by atoms with Gasteiger partial charge in [-0.25, -0.2) is 9.78 Å². The number of urea groups is 1. The van der Waals surface area contributed by atoms with E-state index in [1.807, 2.05) is 42.6 Å². The first-order chi connectivity index (χ1) is 15.6. The Bertz CT molecular complexity index is 1040. The van der Waals surface area contributed by atoms with Crippen LogP contribution in [0, 0.1) is 0 Å². The SMILES string of the molecule is N[C@H]1CCCC[C@H]1NC(=O)Nc1ccc(CCOc2ccccc2-c2c[nH]cn2)c(Cl)c1. The van der Waals surface area contributed by atoms with Gasteiger partial charge in [-0.05, 0) is 42.7 Å². The summed E-state index contributed by atoms with van der Waals surface area (Å²) < 4.78 is 6.01. The van der Waals surface area contributed by atoms with Crippen molar-refractivity contribution in [1.82, 2.24) is 15.3 Å². The number of H-pyrrole nitrogens is 1. The number of imidazole rings is 1. The van der Waals surface area contributed by atoms with Crippen LogP contribution in [0.3, 0.4) is 0 Å². The lowest BCUT2D eigenvalue weighted by Gasteiger charge is -2.29. The zero-order valence-electron chi connectivity index (χ0n) is 17.8. The lowest BCUT2D eigenvalue weighted by molar-refractivity contribution is 0.240. The Morgan fingerprint density at radius 2 is 2.06 bits per heavy atom. The molecule has 1 aliphatic carbocycles. The van der Waals surface area contributed by atoms with Crippen molar-refractivity contribution < 1.29 is 9.53 Å². The number of rotatable bonds is 7. The van der Waals surface area contributed by atoms with Crippen LogP contribution in [0.4, 0.5) is 10.5 Å². The van der Waals surface area contributed by atoms with Crippen molar-refractivity contribution in [3.8, 4) is 17.0 Å². The summed E-state index contributed by atoms with van der Waals surface area (Å²) in [4.78, 5) is 19.6. The van der Waals surface area contributed by atoms with Gasteiger partial charge in [0.25, 0.3) is 0 Å². The molecule has 0 spiro atoms. The van der Waals surface area contributed by atoms with Crippen LogP contribution in [-0.2, 0) is 6.42 Å². The molecule has 1 saturated carbocycles. The Balaban J connectivity index is 1.31. The van der Waals surface area contributed by atoms with Crippen molar-refractivity contribution >= 4 is 23.3 Å². The molecule has 0 aliphatic heterocycles. The fourth-order valence-electron chi connectivity index (χ4n) is 3.98. The molecule has 5 N–H and O–H groups in total. The maximum Gasteiger partial charge on any atom is 0.319 e. The molecule has 3 aromatic rings. The molecule has 1 fully saturated rings. The number of nitrogens with zero attached hydrogens (tertiary/aromatic N) is 1. The first-order valence-electron chi connectivity index (χ1n) is 10.9. The number of hydrogen-bond donors (Lipinski definition) is 4. The van der Waals surface area contributed by atoms with E-state index in [1.54, 1.807) is 12.4 Å². The quantitative estimate of drug-likeness (QED) is 0.414. The van der Waals surface area contributed by atoms with Crippen molar-refractivity contribution in [1.29, 1.82) is 0 Å². The van der Waals surface area contributed by atoms with Crippen molar-refractivity contribution in [2.24, 2.45) is 5.73 Å². The zero-order chi connectivity index (χ0) is 22.3. The second-order valence-electron chi connectivity index (χ2n) is 8.01.